The summed E-state index contributed by atoms with van der Waals surface area (Å²) in [6.07, 6.45) is 6.30. The molecule has 2 heteroatoms. The van der Waals surface area contributed by atoms with Crippen molar-refractivity contribution in [1.82, 2.24) is 5.32 Å². The highest BCUT2D eigenvalue weighted by molar-refractivity contribution is 4.87. The molecular formula is C13H27NO. The third-order valence-electron chi connectivity index (χ3n) is 3.42. The Kier molecular flexibility index (Phi) is 5.07. The average molecular weight is 213 g/mol. The van der Waals surface area contributed by atoms with Gasteiger partial charge in [0.1, 0.15) is 0 Å². The first kappa shape index (κ1) is 13.0. The van der Waals surface area contributed by atoms with Gasteiger partial charge < -0.3 is 10.4 Å². The Balaban J connectivity index is 2.25. The zero-order valence-corrected chi connectivity index (χ0v) is 10.6. The fraction of sp³-hybridized carbons (Fsp3) is 1.00. The minimum absolute atomic E-state index is 0.232. The molecule has 0 radical (unpaired) electrons. The summed E-state index contributed by atoms with van der Waals surface area (Å²) in [5, 5.41) is 12.7. The van der Waals surface area contributed by atoms with Gasteiger partial charge in [0.25, 0.3) is 0 Å². The van der Waals surface area contributed by atoms with Gasteiger partial charge in [0, 0.05) is 19.2 Å². The van der Waals surface area contributed by atoms with Crippen molar-refractivity contribution in [3.05, 3.63) is 0 Å². The van der Waals surface area contributed by atoms with Crippen molar-refractivity contribution in [2.75, 3.05) is 13.2 Å². The van der Waals surface area contributed by atoms with Gasteiger partial charge in [0.05, 0.1) is 0 Å². The Bertz CT molecular complexity index is 175. The molecule has 1 aliphatic carbocycles. The molecule has 1 atom stereocenters. The quantitative estimate of drug-likeness (QED) is 0.649. The number of aliphatic hydroxyl groups excluding tert-OH is 1. The fourth-order valence-electron chi connectivity index (χ4n) is 2.11. The van der Waals surface area contributed by atoms with Crippen LogP contribution in [-0.4, -0.2) is 24.3 Å². The molecule has 90 valence electrons. The van der Waals surface area contributed by atoms with Crippen molar-refractivity contribution in [3.8, 4) is 0 Å². The Labute approximate surface area is 94.5 Å². The van der Waals surface area contributed by atoms with Crippen LogP contribution in [0.5, 0.6) is 0 Å². The maximum absolute atomic E-state index is 8.96. The third kappa shape index (κ3) is 4.98. The Morgan fingerprint density at radius 1 is 1.40 bits per heavy atom. The summed E-state index contributed by atoms with van der Waals surface area (Å²) in [6, 6.07) is 0.730. The van der Waals surface area contributed by atoms with E-state index < -0.39 is 0 Å². The topological polar surface area (TPSA) is 32.3 Å². The molecule has 0 heterocycles. The monoisotopic (exact) mass is 213 g/mol. The minimum Gasteiger partial charge on any atom is -0.396 e. The van der Waals surface area contributed by atoms with Crippen molar-refractivity contribution >= 4 is 0 Å². The molecule has 1 fully saturated rings. The molecule has 2 N–H and O–H groups in total. The van der Waals surface area contributed by atoms with Crippen LogP contribution in [0, 0.1) is 11.3 Å². The molecule has 1 rings (SSSR count). The van der Waals surface area contributed by atoms with Crippen molar-refractivity contribution < 1.29 is 5.11 Å². The lowest BCUT2D eigenvalue weighted by Gasteiger charge is -2.28. The van der Waals surface area contributed by atoms with Gasteiger partial charge in [0.2, 0.25) is 0 Å². The predicted octanol–water partition coefficient (Wildman–Crippen LogP) is 2.56. The number of aliphatic hydroxyl groups is 1. The molecule has 0 saturated heterocycles. The van der Waals surface area contributed by atoms with Gasteiger partial charge in [-0.25, -0.2) is 0 Å². The molecule has 0 aromatic heterocycles. The summed E-state index contributed by atoms with van der Waals surface area (Å²) in [5.74, 6) is 0.940. The maximum Gasteiger partial charge on any atom is 0.0436 e. The summed E-state index contributed by atoms with van der Waals surface area (Å²) < 4.78 is 0. The molecule has 0 spiro atoms. The van der Waals surface area contributed by atoms with E-state index in [1.165, 1.54) is 25.7 Å². The maximum atomic E-state index is 8.96. The predicted molar refractivity (Wildman–Crippen MR) is 64.9 cm³/mol. The molecular weight excluding hydrogens is 186 g/mol. The lowest BCUT2D eigenvalue weighted by atomic mass is 9.89. The summed E-state index contributed by atoms with van der Waals surface area (Å²) in [6.45, 7) is 8.06. The SMILES string of the molecule is CCCC(NCC(C)(C)CCO)C1CC1. The van der Waals surface area contributed by atoms with Crippen LogP contribution in [0.3, 0.4) is 0 Å². The van der Waals surface area contributed by atoms with Gasteiger partial charge in [-0.15, -0.1) is 0 Å². The molecule has 1 unspecified atom stereocenters. The van der Waals surface area contributed by atoms with E-state index in [-0.39, 0.29) is 5.41 Å². The lowest BCUT2D eigenvalue weighted by Crippen LogP contribution is -2.38. The lowest BCUT2D eigenvalue weighted by molar-refractivity contribution is 0.199. The van der Waals surface area contributed by atoms with Gasteiger partial charge in [-0.05, 0) is 37.0 Å². The Morgan fingerprint density at radius 2 is 2.07 bits per heavy atom. The van der Waals surface area contributed by atoms with Gasteiger partial charge >= 0.3 is 0 Å². The summed E-state index contributed by atoms with van der Waals surface area (Å²) in [5.41, 5.74) is 0.232. The smallest absolute Gasteiger partial charge is 0.0436 e. The van der Waals surface area contributed by atoms with Crippen molar-refractivity contribution in [3.63, 3.8) is 0 Å². The molecule has 0 aliphatic heterocycles. The van der Waals surface area contributed by atoms with Crippen LogP contribution in [-0.2, 0) is 0 Å². The van der Waals surface area contributed by atoms with E-state index in [9.17, 15) is 0 Å². The number of nitrogens with one attached hydrogen (secondary N) is 1. The largest absolute Gasteiger partial charge is 0.396 e. The van der Waals surface area contributed by atoms with E-state index in [1.807, 2.05) is 0 Å². The average Bonchev–Trinajstić information content (AvgIpc) is 2.95. The van der Waals surface area contributed by atoms with Crippen molar-refractivity contribution in [2.24, 2.45) is 11.3 Å². The highest BCUT2D eigenvalue weighted by Crippen LogP contribution is 2.35. The molecule has 1 aliphatic rings. The first-order valence-corrected chi connectivity index (χ1v) is 6.43. The molecule has 0 aromatic carbocycles. The minimum atomic E-state index is 0.232. The first-order valence-electron chi connectivity index (χ1n) is 6.43. The van der Waals surface area contributed by atoms with E-state index in [0.717, 1.165) is 24.9 Å². The zero-order chi connectivity index (χ0) is 11.3. The van der Waals surface area contributed by atoms with Crippen LogP contribution in [0.15, 0.2) is 0 Å². The third-order valence-corrected chi connectivity index (χ3v) is 3.42. The van der Waals surface area contributed by atoms with E-state index in [0.29, 0.717) is 6.61 Å². The fourth-order valence-corrected chi connectivity index (χ4v) is 2.11. The number of rotatable bonds is 8. The molecule has 0 amide bonds. The zero-order valence-electron chi connectivity index (χ0n) is 10.6. The summed E-state index contributed by atoms with van der Waals surface area (Å²) >= 11 is 0. The Hall–Kier alpha value is -0.0800. The molecule has 15 heavy (non-hydrogen) atoms. The Morgan fingerprint density at radius 3 is 2.53 bits per heavy atom. The van der Waals surface area contributed by atoms with E-state index >= 15 is 0 Å². The van der Waals surface area contributed by atoms with E-state index in [4.69, 9.17) is 5.11 Å². The summed E-state index contributed by atoms with van der Waals surface area (Å²) in [7, 11) is 0. The van der Waals surface area contributed by atoms with E-state index in [1.54, 1.807) is 0 Å². The number of hydrogen-bond donors (Lipinski definition) is 2. The second kappa shape index (κ2) is 5.86. The van der Waals surface area contributed by atoms with Gasteiger partial charge in [0.15, 0.2) is 0 Å². The highest BCUT2D eigenvalue weighted by Gasteiger charge is 2.31. The first-order chi connectivity index (χ1) is 7.09. The van der Waals surface area contributed by atoms with Crippen LogP contribution >= 0.6 is 0 Å². The van der Waals surface area contributed by atoms with Crippen molar-refractivity contribution in [2.45, 2.75) is 58.9 Å². The van der Waals surface area contributed by atoms with Crippen LogP contribution in [0.2, 0.25) is 0 Å². The molecule has 2 nitrogen and oxygen atoms in total. The highest BCUT2D eigenvalue weighted by atomic mass is 16.3. The second-order valence-electron chi connectivity index (χ2n) is 5.75. The second-order valence-corrected chi connectivity index (χ2v) is 5.75. The molecule has 1 saturated carbocycles. The molecule has 0 aromatic rings. The van der Waals surface area contributed by atoms with Crippen LogP contribution in [0.4, 0.5) is 0 Å². The van der Waals surface area contributed by atoms with E-state index in [2.05, 4.69) is 26.1 Å². The normalized spacial score (nSPS) is 19.2. The van der Waals surface area contributed by atoms with Gasteiger partial charge in [-0.2, -0.15) is 0 Å². The molecule has 0 bridgehead atoms. The summed E-state index contributed by atoms with van der Waals surface area (Å²) in [4.78, 5) is 0. The van der Waals surface area contributed by atoms with Gasteiger partial charge in [-0.1, -0.05) is 27.2 Å². The van der Waals surface area contributed by atoms with Crippen molar-refractivity contribution in [1.29, 1.82) is 0 Å². The standard InChI is InChI=1S/C13H27NO/c1-4-5-12(11-6-7-11)14-10-13(2,3)8-9-15/h11-12,14-15H,4-10H2,1-3H3. The van der Waals surface area contributed by atoms with Crippen LogP contribution in [0.25, 0.3) is 0 Å². The van der Waals surface area contributed by atoms with Crippen LogP contribution < -0.4 is 5.32 Å². The number of hydrogen-bond acceptors (Lipinski definition) is 2. The van der Waals surface area contributed by atoms with Crippen LogP contribution in [0.1, 0.15) is 52.9 Å². The van der Waals surface area contributed by atoms with Gasteiger partial charge in [-0.3, -0.25) is 0 Å².